The highest BCUT2D eigenvalue weighted by atomic mass is 35.5. The number of rotatable bonds is 4. The summed E-state index contributed by atoms with van der Waals surface area (Å²) in [5.41, 5.74) is 1.48. The number of hydrogen-bond donors (Lipinski definition) is 0. The standard InChI is InChI=1S/C17H17N2O3S.ClH/c1-4-10-18-15(20)12-8-6-7-9-13(12)19-11(3)14(23-17(18)19)16(21)22-5-2;/h4,6-9H,1,5,10H2,2-3H3;1H/q+1;. The molecule has 0 bridgehead atoms. The van der Waals surface area contributed by atoms with E-state index >= 15 is 0 Å². The number of nitrogens with zero attached hydrogens (tertiary/aromatic N) is 2. The highest BCUT2D eigenvalue weighted by molar-refractivity contribution is 7.18. The van der Waals surface area contributed by atoms with E-state index in [1.165, 1.54) is 11.3 Å². The van der Waals surface area contributed by atoms with Gasteiger partial charge in [-0.25, -0.2) is 9.59 Å². The molecular formula is C17H18ClN2O3S+. The number of para-hydroxylation sites is 1. The summed E-state index contributed by atoms with van der Waals surface area (Å²) >= 11 is 1.27. The van der Waals surface area contributed by atoms with Crippen LogP contribution in [0.2, 0.25) is 0 Å². The summed E-state index contributed by atoms with van der Waals surface area (Å²) < 4.78 is 8.71. The maximum Gasteiger partial charge on any atom is 0.352 e. The molecule has 0 fully saturated rings. The number of allylic oxidation sites excluding steroid dienone is 1. The van der Waals surface area contributed by atoms with Crippen molar-refractivity contribution in [3.05, 3.63) is 57.8 Å². The zero-order chi connectivity index (χ0) is 16.6. The third kappa shape index (κ3) is 2.72. The van der Waals surface area contributed by atoms with Gasteiger partial charge in [-0.15, -0.1) is 12.4 Å². The summed E-state index contributed by atoms with van der Waals surface area (Å²) in [7, 11) is 0. The molecule has 126 valence electrons. The molecule has 0 saturated heterocycles. The van der Waals surface area contributed by atoms with Crippen molar-refractivity contribution in [2.75, 3.05) is 6.61 Å². The average molecular weight is 366 g/mol. The zero-order valence-electron chi connectivity index (χ0n) is 13.4. The van der Waals surface area contributed by atoms with Gasteiger partial charge < -0.3 is 4.74 Å². The van der Waals surface area contributed by atoms with Crippen molar-refractivity contribution in [2.45, 2.75) is 20.4 Å². The molecule has 7 heteroatoms. The van der Waals surface area contributed by atoms with Crippen LogP contribution in [0, 0.1) is 6.92 Å². The van der Waals surface area contributed by atoms with E-state index < -0.39 is 0 Å². The Hall–Kier alpha value is -2.18. The molecule has 24 heavy (non-hydrogen) atoms. The molecule has 0 radical (unpaired) electrons. The molecule has 3 aromatic rings. The van der Waals surface area contributed by atoms with E-state index in [1.54, 1.807) is 23.6 Å². The van der Waals surface area contributed by atoms with Gasteiger partial charge in [0.15, 0.2) is 4.88 Å². The van der Waals surface area contributed by atoms with Crippen LogP contribution in [-0.2, 0) is 11.3 Å². The number of hydrogen-bond acceptors (Lipinski definition) is 4. The molecule has 3 rings (SSSR count). The highest BCUT2D eigenvalue weighted by Crippen LogP contribution is 2.21. The van der Waals surface area contributed by atoms with Crippen molar-refractivity contribution in [1.29, 1.82) is 0 Å². The Labute approximate surface area is 149 Å². The first-order valence-corrected chi connectivity index (χ1v) is 8.16. The molecule has 2 aromatic heterocycles. The maximum atomic E-state index is 12.7. The second kappa shape index (κ2) is 7.15. The van der Waals surface area contributed by atoms with Crippen LogP contribution in [0.15, 0.2) is 41.7 Å². The van der Waals surface area contributed by atoms with Crippen molar-refractivity contribution in [3.63, 3.8) is 0 Å². The number of aryl methyl sites for hydroxylation is 1. The number of halogens is 1. The lowest BCUT2D eigenvalue weighted by molar-refractivity contribution is -0.489. The molecule has 1 aromatic carbocycles. The third-order valence-electron chi connectivity index (χ3n) is 3.67. The summed E-state index contributed by atoms with van der Waals surface area (Å²) in [5.74, 6) is -0.361. The van der Waals surface area contributed by atoms with Gasteiger partial charge >= 0.3 is 16.5 Å². The van der Waals surface area contributed by atoms with Crippen LogP contribution < -0.4 is 9.96 Å². The Morgan fingerprint density at radius 3 is 2.79 bits per heavy atom. The number of ether oxygens (including phenoxy) is 1. The lowest BCUT2D eigenvalue weighted by Gasteiger charge is -2.01. The van der Waals surface area contributed by atoms with Crippen LogP contribution in [0.1, 0.15) is 22.3 Å². The second-order valence-electron chi connectivity index (χ2n) is 5.08. The fraction of sp³-hybridized carbons (Fsp3) is 0.235. The van der Waals surface area contributed by atoms with Gasteiger partial charge in [0.05, 0.1) is 6.61 Å². The van der Waals surface area contributed by atoms with E-state index in [9.17, 15) is 9.59 Å². The fourth-order valence-electron chi connectivity index (χ4n) is 2.67. The van der Waals surface area contributed by atoms with Gasteiger partial charge in [0.2, 0.25) is 0 Å². The predicted octanol–water partition coefficient (Wildman–Crippen LogP) is 2.89. The largest absolute Gasteiger partial charge is 0.462 e. The Kier molecular flexibility index (Phi) is 5.41. The summed E-state index contributed by atoms with van der Waals surface area (Å²) in [6.45, 7) is 8.06. The molecule has 0 atom stereocenters. The number of fused-ring (bicyclic) bond motifs is 3. The van der Waals surface area contributed by atoms with Gasteiger partial charge in [-0.2, -0.15) is 8.97 Å². The number of carbonyl (C=O) groups is 1. The predicted molar refractivity (Wildman–Crippen MR) is 97.4 cm³/mol. The minimum Gasteiger partial charge on any atom is -0.462 e. The number of benzene rings is 1. The molecule has 0 aliphatic heterocycles. The Morgan fingerprint density at radius 1 is 1.42 bits per heavy atom. The Balaban J connectivity index is 0.00000208. The summed E-state index contributed by atoms with van der Waals surface area (Å²) in [4.78, 5) is 26.2. The van der Waals surface area contributed by atoms with Crippen molar-refractivity contribution in [3.8, 4) is 0 Å². The first kappa shape index (κ1) is 18.2. The van der Waals surface area contributed by atoms with Gasteiger partial charge in [-0.05, 0) is 37.3 Å². The molecule has 5 nitrogen and oxygen atoms in total. The molecule has 0 spiro atoms. The first-order valence-electron chi connectivity index (χ1n) is 7.34. The fourth-order valence-corrected chi connectivity index (χ4v) is 3.83. The van der Waals surface area contributed by atoms with Gasteiger partial charge in [0.1, 0.15) is 23.1 Å². The van der Waals surface area contributed by atoms with Crippen LogP contribution in [0.3, 0.4) is 0 Å². The molecule has 0 amide bonds. The number of thiazole rings is 1. The van der Waals surface area contributed by atoms with Crippen LogP contribution in [0.5, 0.6) is 0 Å². The minimum absolute atomic E-state index is 0. The molecule has 0 aliphatic rings. The van der Waals surface area contributed by atoms with E-state index in [0.29, 0.717) is 28.4 Å². The van der Waals surface area contributed by atoms with E-state index in [-0.39, 0.29) is 23.9 Å². The Morgan fingerprint density at radius 2 is 2.12 bits per heavy atom. The SMILES string of the molecule is C=CCn1c(=O)c2ccccc2[n+]2c(C)c(C(=O)OCC)sc12.Cl. The van der Waals surface area contributed by atoms with Crippen molar-refractivity contribution in [2.24, 2.45) is 0 Å². The van der Waals surface area contributed by atoms with Gasteiger partial charge in [0.25, 0.3) is 0 Å². The van der Waals surface area contributed by atoms with Crippen molar-refractivity contribution >= 4 is 45.6 Å². The molecular weight excluding hydrogens is 348 g/mol. The number of aromatic nitrogens is 2. The average Bonchev–Trinajstić information content (AvgIpc) is 2.89. The van der Waals surface area contributed by atoms with E-state index in [1.807, 2.05) is 29.5 Å². The quantitative estimate of drug-likeness (QED) is 0.406. The number of carbonyl (C=O) groups excluding carboxylic acids is 1. The molecule has 0 N–H and O–H groups in total. The molecule has 0 unspecified atom stereocenters. The van der Waals surface area contributed by atoms with Crippen LogP contribution in [0.4, 0.5) is 0 Å². The van der Waals surface area contributed by atoms with E-state index in [4.69, 9.17) is 4.74 Å². The Bertz CT molecular complexity index is 991. The maximum absolute atomic E-state index is 12.7. The second-order valence-corrected chi connectivity index (χ2v) is 6.05. The van der Waals surface area contributed by atoms with Crippen LogP contribution >= 0.6 is 23.7 Å². The minimum atomic E-state index is -0.361. The summed E-state index contributed by atoms with van der Waals surface area (Å²) in [6, 6.07) is 7.40. The number of esters is 1. The lowest BCUT2D eigenvalue weighted by atomic mass is 10.2. The highest BCUT2D eigenvalue weighted by Gasteiger charge is 2.27. The summed E-state index contributed by atoms with van der Waals surface area (Å²) in [5, 5.41) is 0.614. The van der Waals surface area contributed by atoms with E-state index in [0.717, 1.165) is 11.2 Å². The van der Waals surface area contributed by atoms with Crippen molar-refractivity contribution < 1.29 is 13.9 Å². The van der Waals surface area contributed by atoms with Crippen LogP contribution in [0.25, 0.3) is 15.9 Å². The monoisotopic (exact) mass is 365 g/mol. The zero-order valence-corrected chi connectivity index (χ0v) is 15.1. The normalized spacial score (nSPS) is 10.6. The summed E-state index contributed by atoms with van der Waals surface area (Å²) in [6.07, 6.45) is 1.68. The van der Waals surface area contributed by atoms with Crippen molar-refractivity contribution in [1.82, 2.24) is 4.57 Å². The lowest BCUT2D eigenvalue weighted by Crippen LogP contribution is -2.34. The van der Waals surface area contributed by atoms with E-state index in [2.05, 4.69) is 6.58 Å². The van der Waals surface area contributed by atoms with Gasteiger partial charge in [-0.3, -0.25) is 0 Å². The van der Waals surface area contributed by atoms with Gasteiger partial charge in [0, 0.05) is 0 Å². The topological polar surface area (TPSA) is 52.4 Å². The smallest absolute Gasteiger partial charge is 0.352 e. The third-order valence-corrected chi connectivity index (χ3v) is 4.92. The van der Waals surface area contributed by atoms with Gasteiger partial charge in [-0.1, -0.05) is 24.8 Å². The molecule has 2 heterocycles. The first-order chi connectivity index (χ1) is 11.1. The molecule has 0 saturated carbocycles. The molecule has 0 aliphatic carbocycles. The van der Waals surface area contributed by atoms with Crippen LogP contribution in [-0.4, -0.2) is 17.1 Å².